The molecule has 96 valence electrons. The molecule has 0 aliphatic carbocycles. The molecule has 0 saturated carbocycles. The maximum Gasteiger partial charge on any atom is 0.256 e. The van der Waals surface area contributed by atoms with Gasteiger partial charge < -0.3 is 0 Å². The average Bonchev–Trinajstić information content (AvgIpc) is 2.81. The highest BCUT2D eigenvalue weighted by Gasteiger charge is 2.10. The minimum Gasteiger partial charge on any atom is -0.259 e. The van der Waals surface area contributed by atoms with Crippen molar-refractivity contribution >= 4 is 17.5 Å². The van der Waals surface area contributed by atoms with E-state index < -0.39 is 0 Å². The van der Waals surface area contributed by atoms with Crippen LogP contribution in [-0.2, 0) is 5.75 Å². The first-order valence-corrected chi connectivity index (χ1v) is 7.09. The summed E-state index contributed by atoms with van der Waals surface area (Å²) in [6.07, 6.45) is 0. The van der Waals surface area contributed by atoms with Crippen molar-refractivity contribution in [1.29, 1.82) is 0 Å². The zero-order chi connectivity index (χ0) is 13.2. The molecule has 0 aliphatic heterocycles. The molecule has 2 aromatic heterocycles. The fraction of sp³-hybridized carbons (Fsp3) is 0.214. The molecule has 0 bridgehead atoms. The lowest BCUT2D eigenvalue weighted by molar-refractivity contribution is 0.886. The highest BCUT2D eigenvalue weighted by molar-refractivity contribution is 7.98. The van der Waals surface area contributed by atoms with Gasteiger partial charge >= 0.3 is 0 Å². The van der Waals surface area contributed by atoms with Crippen molar-refractivity contribution in [3.8, 4) is 0 Å². The molecule has 0 aliphatic rings. The number of rotatable bonds is 3. The van der Waals surface area contributed by atoms with Crippen molar-refractivity contribution in [2.24, 2.45) is 0 Å². The fourth-order valence-electron chi connectivity index (χ4n) is 2.02. The van der Waals surface area contributed by atoms with Crippen molar-refractivity contribution in [1.82, 2.24) is 19.6 Å². The molecule has 4 nitrogen and oxygen atoms in total. The second-order valence-corrected chi connectivity index (χ2v) is 5.37. The molecule has 3 rings (SSSR count). The zero-order valence-electron chi connectivity index (χ0n) is 10.9. The number of hydrogen-bond acceptors (Lipinski definition) is 4. The Balaban J connectivity index is 1.90. The van der Waals surface area contributed by atoms with Gasteiger partial charge in [-0.15, -0.1) is 10.2 Å². The first-order valence-electron chi connectivity index (χ1n) is 6.10. The van der Waals surface area contributed by atoms with Crippen LogP contribution in [0.3, 0.4) is 0 Å². The van der Waals surface area contributed by atoms with E-state index in [0.717, 1.165) is 22.3 Å². The highest BCUT2D eigenvalue weighted by atomic mass is 32.2. The van der Waals surface area contributed by atoms with Crippen molar-refractivity contribution in [2.45, 2.75) is 24.8 Å². The summed E-state index contributed by atoms with van der Waals surface area (Å²) in [5, 5.41) is 9.25. The van der Waals surface area contributed by atoms with E-state index in [9.17, 15) is 0 Å². The Hall–Kier alpha value is -1.88. The lowest BCUT2D eigenvalue weighted by atomic mass is 10.2. The Bertz CT molecular complexity index is 706. The van der Waals surface area contributed by atoms with E-state index in [1.54, 1.807) is 11.8 Å². The monoisotopic (exact) mass is 270 g/mol. The topological polar surface area (TPSA) is 43.1 Å². The number of thioether (sulfide) groups is 1. The van der Waals surface area contributed by atoms with Gasteiger partial charge in [0.05, 0.1) is 0 Å². The summed E-state index contributed by atoms with van der Waals surface area (Å²) in [5.74, 6) is 1.56. The van der Waals surface area contributed by atoms with E-state index in [2.05, 4.69) is 34.2 Å². The smallest absolute Gasteiger partial charge is 0.256 e. The van der Waals surface area contributed by atoms with Crippen LogP contribution in [0.2, 0.25) is 0 Å². The average molecular weight is 270 g/mol. The molecule has 0 fully saturated rings. The van der Waals surface area contributed by atoms with Gasteiger partial charge in [-0.25, -0.2) is 4.98 Å². The van der Waals surface area contributed by atoms with Crippen LogP contribution >= 0.6 is 11.8 Å². The van der Waals surface area contributed by atoms with Crippen LogP contribution in [0.1, 0.15) is 17.0 Å². The quantitative estimate of drug-likeness (QED) is 0.686. The third-order valence-electron chi connectivity index (χ3n) is 2.87. The Morgan fingerprint density at radius 2 is 1.89 bits per heavy atom. The van der Waals surface area contributed by atoms with Crippen molar-refractivity contribution in [2.75, 3.05) is 0 Å². The Morgan fingerprint density at radius 1 is 1.11 bits per heavy atom. The molecule has 0 atom stereocenters. The van der Waals surface area contributed by atoms with E-state index >= 15 is 0 Å². The number of aromatic nitrogens is 4. The predicted octanol–water partition coefficient (Wildman–Crippen LogP) is 3.03. The van der Waals surface area contributed by atoms with Gasteiger partial charge in [0, 0.05) is 17.1 Å². The Morgan fingerprint density at radius 3 is 2.68 bits per heavy atom. The Kier molecular flexibility index (Phi) is 3.21. The van der Waals surface area contributed by atoms with Gasteiger partial charge in [-0.3, -0.25) is 4.40 Å². The van der Waals surface area contributed by atoms with Gasteiger partial charge in [-0.05, 0) is 25.5 Å². The van der Waals surface area contributed by atoms with E-state index in [1.165, 1.54) is 5.56 Å². The molecule has 2 heterocycles. The summed E-state index contributed by atoms with van der Waals surface area (Å²) in [6, 6.07) is 12.4. The van der Waals surface area contributed by atoms with Crippen LogP contribution in [0, 0.1) is 13.8 Å². The molecule has 0 N–H and O–H groups in total. The maximum absolute atomic E-state index is 4.39. The lowest BCUT2D eigenvalue weighted by Gasteiger charge is -2.04. The molecular formula is C14H14N4S. The van der Waals surface area contributed by atoms with Crippen LogP contribution < -0.4 is 0 Å². The number of aryl methyl sites for hydroxylation is 2. The van der Waals surface area contributed by atoms with Gasteiger partial charge in [-0.1, -0.05) is 42.1 Å². The first-order chi connectivity index (χ1) is 9.24. The number of benzene rings is 1. The SMILES string of the molecule is Cc1cc(C)n2c(SCc3ccccc3)nnc2n1. The zero-order valence-corrected chi connectivity index (χ0v) is 11.7. The van der Waals surface area contributed by atoms with Crippen molar-refractivity contribution < 1.29 is 0 Å². The molecule has 0 unspecified atom stereocenters. The largest absolute Gasteiger partial charge is 0.259 e. The van der Waals surface area contributed by atoms with Crippen molar-refractivity contribution in [3.63, 3.8) is 0 Å². The molecule has 1 aromatic carbocycles. The minimum atomic E-state index is 0.674. The summed E-state index contributed by atoms with van der Waals surface area (Å²) >= 11 is 1.68. The number of fused-ring (bicyclic) bond motifs is 1. The molecule has 0 amide bonds. The van der Waals surface area contributed by atoms with Crippen LogP contribution in [0.4, 0.5) is 0 Å². The molecular weight excluding hydrogens is 256 g/mol. The molecule has 0 saturated heterocycles. The molecule has 0 spiro atoms. The first kappa shape index (κ1) is 12.2. The van der Waals surface area contributed by atoms with Crippen LogP contribution in [0.25, 0.3) is 5.78 Å². The maximum atomic E-state index is 4.39. The van der Waals surface area contributed by atoms with Gasteiger partial charge in [-0.2, -0.15) is 0 Å². The van der Waals surface area contributed by atoms with E-state index in [1.807, 2.05) is 35.6 Å². The van der Waals surface area contributed by atoms with Crippen LogP contribution in [0.15, 0.2) is 41.6 Å². The van der Waals surface area contributed by atoms with E-state index in [0.29, 0.717) is 5.78 Å². The van der Waals surface area contributed by atoms with E-state index in [4.69, 9.17) is 0 Å². The highest BCUT2D eigenvalue weighted by Crippen LogP contribution is 2.22. The third kappa shape index (κ3) is 2.46. The summed E-state index contributed by atoms with van der Waals surface area (Å²) in [6.45, 7) is 4.02. The fourth-order valence-corrected chi connectivity index (χ4v) is 2.96. The number of nitrogens with zero attached hydrogens (tertiary/aromatic N) is 4. The van der Waals surface area contributed by atoms with Crippen molar-refractivity contribution in [3.05, 3.63) is 53.3 Å². The second kappa shape index (κ2) is 5.01. The van der Waals surface area contributed by atoms with Crippen LogP contribution in [-0.4, -0.2) is 19.6 Å². The molecule has 0 radical (unpaired) electrons. The summed E-state index contributed by atoms with van der Waals surface area (Å²) < 4.78 is 2.00. The molecule has 3 aromatic rings. The minimum absolute atomic E-state index is 0.674. The second-order valence-electron chi connectivity index (χ2n) is 4.43. The van der Waals surface area contributed by atoms with Crippen LogP contribution in [0.5, 0.6) is 0 Å². The number of hydrogen-bond donors (Lipinski definition) is 0. The predicted molar refractivity (Wildman–Crippen MR) is 76.3 cm³/mol. The summed E-state index contributed by atoms with van der Waals surface area (Å²) in [7, 11) is 0. The lowest BCUT2D eigenvalue weighted by Crippen LogP contribution is -1.97. The normalized spacial score (nSPS) is 11.1. The standard InChI is InChI=1S/C14H14N4S/c1-10-8-11(2)18-13(15-10)16-17-14(18)19-9-12-6-4-3-5-7-12/h3-8H,9H2,1-2H3. The van der Waals surface area contributed by atoms with Gasteiger partial charge in [0.15, 0.2) is 5.16 Å². The Labute approximate surface area is 115 Å². The third-order valence-corrected chi connectivity index (χ3v) is 3.87. The summed E-state index contributed by atoms with van der Waals surface area (Å²) in [5.41, 5.74) is 3.36. The van der Waals surface area contributed by atoms with E-state index in [-0.39, 0.29) is 0 Å². The summed E-state index contributed by atoms with van der Waals surface area (Å²) in [4.78, 5) is 4.39. The van der Waals surface area contributed by atoms with Gasteiger partial charge in [0.25, 0.3) is 5.78 Å². The van der Waals surface area contributed by atoms with Gasteiger partial charge in [0.1, 0.15) is 0 Å². The molecule has 5 heteroatoms. The van der Waals surface area contributed by atoms with Gasteiger partial charge in [0.2, 0.25) is 0 Å². The molecule has 19 heavy (non-hydrogen) atoms.